The Morgan fingerprint density at radius 2 is 1.75 bits per heavy atom. The molecule has 0 spiro atoms. The summed E-state index contributed by atoms with van der Waals surface area (Å²) in [5.74, 6) is 0. The molecule has 0 amide bonds. The second-order valence-corrected chi connectivity index (χ2v) is 9.79. The van der Waals surface area contributed by atoms with Gasteiger partial charge >= 0.3 is 0 Å². The van der Waals surface area contributed by atoms with Gasteiger partial charge in [-0.15, -0.1) is 0 Å². The SMILES string of the molecule is Cc1cc(S(=O)(=O)NCC(C)(C)S(C)(=O)=O)ccc1N. The van der Waals surface area contributed by atoms with Crippen LogP contribution >= 0.6 is 0 Å². The number of hydrogen-bond donors (Lipinski definition) is 2. The number of rotatable bonds is 5. The summed E-state index contributed by atoms with van der Waals surface area (Å²) in [7, 11) is -7.13. The molecule has 20 heavy (non-hydrogen) atoms. The molecule has 6 nitrogen and oxygen atoms in total. The Bertz CT molecular complexity index is 707. The summed E-state index contributed by atoms with van der Waals surface area (Å²) in [5, 5.41) is 0. The molecule has 0 fully saturated rings. The van der Waals surface area contributed by atoms with E-state index in [9.17, 15) is 16.8 Å². The van der Waals surface area contributed by atoms with Crippen LogP contribution in [-0.4, -0.2) is 34.4 Å². The van der Waals surface area contributed by atoms with E-state index in [1.54, 1.807) is 6.92 Å². The van der Waals surface area contributed by atoms with Gasteiger partial charge < -0.3 is 5.73 Å². The van der Waals surface area contributed by atoms with Crippen molar-refractivity contribution >= 4 is 25.5 Å². The van der Waals surface area contributed by atoms with Crippen LogP contribution in [0, 0.1) is 6.92 Å². The molecule has 0 saturated heterocycles. The number of nitrogens with one attached hydrogen (secondary N) is 1. The Morgan fingerprint density at radius 3 is 2.20 bits per heavy atom. The highest BCUT2D eigenvalue weighted by atomic mass is 32.2. The molecule has 114 valence electrons. The molecule has 0 unspecified atom stereocenters. The van der Waals surface area contributed by atoms with E-state index < -0.39 is 24.6 Å². The minimum atomic E-state index is -3.76. The summed E-state index contributed by atoms with van der Waals surface area (Å²) >= 11 is 0. The molecule has 0 radical (unpaired) electrons. The summed E-state index contributed by atoms with van der Waals surface area (Å²) in [5.41, 5.74) is 6.79. The van der Waals surface area contributed by atoms with Crippen molar-refractivity contribution < 1.29 is 16.8 Å². The van der Waals surface area contributed by atoms with Crippen LogP contribution in [0.4, 0.5) is 5.69 Å². The maximum absolute atomic E-state index is 12.1. The zero-order chi connectivity index (χ0) is 15.8. The van der Waals surface area contributed by atoms with Gasteiger partial charge in [-0.1, -0.05) is 0 Å². The topological polar surface area (TPSA) is 106 Å². The van der Waals surface area contributed by atoms with Gasteiger partial charge in [0.1, 0.15) is 0 Å². The van der Waals surface area contributed by atoms with Gasteiger partial charge in [0.2, 0.25) is 10.0 Å². The molecule has 8 heteroatoms. The lowest BCUT2D eigenvalue weighted by Crippen LogP contribution is -2.43. The number of benzene rings is 1. The zero-order valence-electron chi connectivity index (χ0n) is 12.0. The molecule has 0 heterocycles. The molecule has 0 aliphatic heterocycles. The van der Waals surface area contributed by atoms with E-state index in [2.05, 4.69) is 4.72 Å². The quantitative estimate of drug-likeness (QED) is 0.776. The summed E-state index contributed by atoms with van der Waals surface area (Å²) in [6.07, 6.45) is 1.08. The molecule has 0 atom stereocenters. The molecule has 0 aliphatic rings. The van der Waals surface area contributed by atoms with Crippen LogP contribution in [0.3, 0.4) is 0 Å². The van der Waals surface area contributed by atoms with Gasteiger partial charge in [0, 0.05) is 18.5 Å². The van der Waals surface area contributed by atoms with Gasteiger partial charge in [-0.05, 0) is 44.5 Å². The molecule has 1 aromatic carbocycles. The van der Waals surface area contributed by atoms with Crippen LogP contribution in [0.25, 0.3) is 0 Å². The fourth-order valence-electron chi connectivity index (χ4n) is 1.30. The predicted octanol–water partition coefficient (Wildman–Crippen LogP) is 0.679. The number of aryl methyl sites for hydroxylation is 1. The number of hydrogen-bond acceptors (Lipinski definition) is 5. The first-order valence-electron chi connectivity index (χ1n) is 5.92. The Hall–Kier alpha value is -1.12. The van der Waals surface area contributed by atoms with Gasteiger partial charge in [0.05, 0.1) is 9.64 Å². The number of anilines is 1. The summed E-state index contributed by atoms with van der Waals surface area (Å²) < 4.78 is 48.5. The van der Waals surface area contributed by atoms with Gasteiger partial charge in [-0.25, -0.2) is 21.6 Å². The molecular weight excluding hydrogens is 300 g/mol. The van der Waals surface area contributed by atoms with Crippen LogP contribution in [0.15, 0.2) is 23.1 Å². The van der Waals surface area contributed by atoms with E-state index >= 15 is 0 Å². The molecular formula is C12H20N2O4S2. The Balaban J connectivity index is 3.00. The third-order valence-electron chi connectivity index (χ3n) is 3.24. The maximum Gasteiger partial charge on any atom is 0.240 e. The Kier molecular flexibility index (Phi) is 4.52. The van der Waals surface area contributed by atoms with E-state index in [4.69, 9.17) is 5.73 Å². The lowest BCUT2D eigenvalue weighted by atomic mass is 10.2. The van der Waals surface area contributed by atoms with Crippen LogP contribution in [0.2, 0.25) is 0 Å². The third kappa shape index (κ3) is 3.71. The standard InChI is InChI=1S/C12H20N2O4S2/c1-9-7-10(5-6-11(9)13)20(17,18)14-8-12(2,3)19(4,15)16/h5-7,14H,8,13H2,1-4H3. The van der Waals surface area contributed by atoms with Crippen LogP contribution < -0.4 is 10.5 Å². The van der Waals surface area contributed by atoms with Crippen molar-refractivity contribution in [3.8, 4) is 0 Å². The van der Waals surface area contributed by atoms with Crippen molar-refractivity contribution in [3.63, 3.8) is 0 Å². The smallest absolute Gasteiger partial charge is 0.240 e. The first-order valence-corrected chi connectivity index (χ1v) is 9.30. The largest absolute Gasteiger partial charge is 0.399 e. The summed E-state index contributed by atoms with van der Waals surface area (Å²) in [4.78, 5) is 0.0634. The number of sulfonamides is 1. The first kappa shape index (κ1) is 16.9. The minimum Gasteiger partial charge on any atom is -0.399 e. The average molecular weight is 320 g/mol. The lowest BCUT2D eigenvalue weighted by molar-refractivity contribution is 0.537. The Morgan fingerprint density at radius 1 is 1.20 bits per heavy atom. The van der Waals surface area contributed by atoms with Crippen molar-refractivity contribution in [2.45, 2.75) is 30.4 Å². The predicted molar refractivity (Wildman–Crippen MR) is 79.7 cm³/mol. The van der Waals surface area contributed by atoms with Gasteiger partial charge in [0.25, 0.3) is 0 Å². The molecule has 3 N–H and O–H groups in total. The van der Waals surface area contributed by atoms with E-state index in [1.807, 2.05) is 0 Å². The third-order valence-corrected chi connectivity index (χ3v) is 6.79. The normalized spacial score (nSPS) is 13.4. The van der Waals surface area contributed by atoms with Crippen molar-refractivity contribution in [1.82, 2.24) is 4.72 Å². The van der Waals surface area contributed by atoms with Crippen molar-refractivity contribution in [1.29, 1.82) is 0 Å². The lowest BCUT2D eigenvalue weighted by Gasteiger charge is -2.22. The van der Waals surface area contributed by atoms with Gasteiger partial charge in [-0.2, -0.15) is 0 Å². The second kappa shape index (κ2) is 5.34. The average Bonchev–Trinajstić information content (AvgIpc) is 2.29. The maximum atomic E-state index is 12.1. The van der Waals surface area contributed by atoms with Gasteiger partial charge in [-0.3, -0.25) is 0 Å². The van der Waals surface area contributed by atoms with E-state index in [-0.39, 0.29) is 11.4 Å². The molecule has 0 aromatic heterocycles. The number of sulfone groups is 1. The summed E-state index contributed by atoms with van der Waals surface area (Å²) in [6, 6.07) is 4.34. The van der Waals surface area contributed by atoms with Crippen LogP contribution in [0.5, 0.6) is 0 Å². The molecule has 1 rings (SSSR count). The number of nitrogen functional groups attached to an aromatic ring is 1. The van der Waals surface area contributed by atoms with Crippen molar-refractivity contribution in [2.75, 3.05) is 18.5 Å². The highest BCUT2D eigenvalue weighted by Gasteiger charge is 2.31. The van der Waals surface area contributed by atoms with Gasteiger partial charge in [0.15, 0.2) is 9.84 Å². The highest BCUT2D eigenvalue weighted by Crippen LogP contribution is 2.18. The zero-order valence-corrected chi connectivity index (χ0v) is 13.6. The highest BCUT2D eigenvalue weighted by molar-refractivity contribution is 7.92. The first-order chi connectivity index (χ1) is 8.87. The molecule has 0 bridgehead atoms. The van der Waals surface area contributed by atoms with Crippen molar-refractivity contribution in [2.24, 2.45) is 0 Å². The fraction of sp³-hybridized carbons (Fsp3) is 0.500. The van der Waals surface area contributed by atoms with E-state index in [0.29, 0.717) is 11.3 Å². The molecule has 0 saturated carbocycles. The van der Waals surface area contributed by atoms with Crippen LogP contribution in [0.1, 0.15) is 19.4 Å². The minimum absolute atomic E-state index is 0.0634. The summed E-state index contributed by atoms with van der Waals surface area (Å²) in [6.45, 7) is 4.45. The van der Waals surface area contributed by atoms with Crippen LogP contribution in [-0.2, 0) is 19.9 Å². The van der Waals surface area contributed by atoms with E-state index in [0.717, 1.165) is 6.26 Å². The Labute approximate surface area is 120 Å². The van der Waals surface area contributed by atoms with E-state index in [1.165, 1.54) is 32.0 Å². The van der Waals surface area contributed by atoms with Crippen molar-refractivity contribution in [3.05, 3.63) is 23.8 Å². The molecule has 0 aliphatic carbocycles. The monoisotopic (exact) mass is 320 g/mol. The second-order valence-electron chi connectivity index (χ2n) is 5.37. The number of nitrogens with two attached hydrogens (primary N) is 1. The fourth-order valence-corrected chi connectivity index (χ4v) is 3.02. The molecule has 1 aromatic rings.